The molecule has 4 heteroatoms. The van der Waals surface area contributed by atoms with Crippen LogP contribution in [0, 0.1) is 13.8 Å². The second kappa shape index (κ2) is 3.63. The second-order valence-electron chi connectivity index (χ2n) is 4.18. The van der Waals surface area contributed by atoms with Crippen LogP contribution in [0.1, 0.15) is 18.1 Å². The lowest BCUT2D eigenvalue weighted by molar-refractivity contribution is -0.117. The topological polar surface area (TPSA) is 60.9 Å². The number of hydrogen-bond acceptors (Lipinski definition) is 3. The molecule has 84 valence electrons. The van der Waals surface area contributed by atoms with E-state index in [0.717, 1.165) is 11.0 Å². The zero-order valence-electron chi connectivity index (χ0n) is 9.74. The number of anilines is 1. The van der Waals surface area contributed by atoms with E-state index in [1.165, 1.54) is 11.1 Å². The monoisotopic (exact) mass is 217 g/mol. The zero-order valence-corrected chi connectivity index (χ0v) is 9.74. The van der Waals surface area contributed by atoms with E-state index >= 15 is 0 Å². The van der Waals surface area contributed by atoms with Gasteiger partial charge in [-0.3, -0.25) is 4.79 Å². The van der Waals surface area contributed by atoms with Crippen LogP contribution in [0.15, 0.2) is 12.1 Å². The van der Waals surface area contributed by atoms with Crippen molar-refractivity contribution in [2.24, 2.45) is 0 Å². The fraction of sp³-hybridized carbons (Fsp3) is 0.333. The number of hydrogen-bond donors (Lipinski definition) is 1. The van der Waals surface area contributed by atoms with Crippen molar-refractivity contribution in [2.75, 3.05) is 5.73 Å². The number of nitrogens with two attached hydrogens (primary N) is 1. The van der Waals surface area contributed by atoms with E-state index in [4.69, 9.17) is 5.73 Å². The summed E-state index contributed by atoms with van der Waals surface area (Å²) in [5.74, 6) is 0.472. The third kappa shape index (κ3) is 1.66. The molecule has 2 rings (SSSR count). The first-order chi connectivity index (χ1) is 7.49. The maximum Gasteiger partial charge on any atom is 0.201 e. The molecule has 1 heterocycles. The number of aromatic nitrogens is 2. The van der Waals surface area contributed by atoms with Gasteiger partial charge in [-0.1, -0.05) is 0 Å². The predicted molar refractivity (Wildman–Crippen MR) is 64.3 cm³/mol. The number of ketones is 1. The Morgan fingerprint density at radius 2 is 2.00 bits per heavy atom. The molecule has 0 radical (unpaired) electrons. The molecule has 4 nitrogen and oxygen atoms in total. The van der Waals surface area contributed by atoms with Crippen molar-refractivity contribution in [3.05, 3.63) is 23.3 Å². The van der Waals surface area contributed by atoms with Crippen LogP contribution in [0.4, 0.5) is 5.95 Å². The number of nitrogen functional groups attached to an aromatic ring is 1. The molecular weight excluding hydrogens is 202 g/mol. The Balaban J connectivity index is 2.68. The fourth-order valence-corrected chi connectivity index (χ4v) is 1.79. The van der Waals surface area contributed by atoms with E-state index in [2.05, 4.69) is 4.98 Å². The first-order valence-electron chi connectivity index (χ1n) is 5.21. The Morgan fingerprint density at radius 3 is 2.62 bits per heavy atom. The molecule has 16 heavy (non-hydrogen) atoms. The van der Waals surface area contributed by atoms with Crippen LogP contribution in [-0.2, 0) is 11.3 Å². The number of aryl methyl sites for hydroxylation is 2. The summed E-state index contributed by atoms with van der Waals surface area (Å²) in [7, 11) is 0. The van der Waals surface area contributed by atoms with Gasteiger partial charge in [0, 0.05) is 0 Å². The van der Waals surface area contributed by atoms with Gasteiger partial charge in [-0.25, -0.2) is 4.98 Å². The molecule has 1 aromatic carbocycles. The van der Waals surface area contributed by atoms with Crippen molar-refractivity contribution in [2.45, 2.75) is 27.3 Å². The zero-order chi connectivity index (χ0) is 11.9. The van der Waals surface area contributed by atoms with Gasteiger partial charge < -0.3 is 10.3 Å². The molecule has 2 N–H and O–H groups in total. The molecule has 0 fully saturated rings. The number of carbonyl (C=O) groups excluding carboxylic acids is 1. The summed E-state index contributed by atoms with van der Waals surface area (Å²) in [6.07, 6.45) is 0. The molecule has 0 saturated heterocycles. The fourth-order valence-electron chi connectivity index (χ4n) is 1.79. The van der Waals surface area contributed by atoms with Crippen LogP contribution in [0.5, 0.6) is 0 Å². The van der Waals surface area contributed by atoms with Gasteiger partial charge in [0.1, 0.15) is 5.78 Å². The lowest BCUT2D eigenvalue weighted by atomic mass is 10.1. The quantitative estimate of drug-likeness (QED) is 0.834. The normalized spacial score (nSPS) is 10.9. The third-order valence-corrected chi connectivity index (χ3v) is 2.77. The van der Waals surface area contributed by atoms with Crippen molar-refractivity contribution < 1.29 is 4.79 Å². The number of nitrogens with zero attached hydrogens (tertiary/aromatic N) is 2. The average molecular weight is 217 g/mol. The summed E-state index contributed by atoms with van der Waals surface area (Å²) in [4.78, 5) is 15.4. The van der Waals surface area contributed by atoms with Gasteiger partial charge >= 0.3 is 0 Å². The number of carbonyl (C=O) groups is 1. The lowest BCUT2D eigenvalue weighted by Gasteiger charge is -2.04. The van der Waals surface area contributed by atoms with E-state index in [1.54, 1.807) is 11.5 Å². The summed E-state index contributed by atoms with van der Waals surface area (Å²) in [6, 6.07) is 4.02. The highest BCUT2D eigenvalue weighted by atomic mass is 16.1. The summed E-state index contributed by atoms with van der Waals surface area (Å²) in [5, 5.41) is 0. The van der Waals surface area contributed by atoms with Crippen molar-refractivity contribution in [3.8, 4) is 0 Å². The summed E-state index contributed by atoms with van der Waals surface area (Å²) < 4.78 is 1.75. The van der Waals surface area contributed by atoms with Gasteiger partial charge in [-0.05, 0) is 44.0 Å². The van der Waals surface area contributed by atoms with Crippen LogP contribution in [-0.4, -0.2) is 15.3 Å². The van der Waals surface area contributed by atoms with E-state index in [-0.39, 0.29) is 12.3 Å². The standard InChI is InChI=1S/C12H15N3O/c1-7-4-10-11(5-8(7)2)15(6-9(3)16)12(13)14-10/h4-5H,6H2,1-3H3,(H2,13,14). The highest BCUT2D eigenvalue weighted by Crippen LogP contribution is 2.21. The minimum absolute atomic E-state index is 0.0734. The maximum atomic E-state index is 11.2. The summed E-state index contributed by atoms with van der Waals surface area (Å²) in [6.45, 7) is 5.90. The van der Waals surface area contributed by atoms with Crippen LogP contribution in [0.25, 0.3) is 11.0 Å². The Morgan fingerprint density at radius 1 is 1.38 bits per heavy atom. The van der Waals surface area contributed by atoms with Crippen LogP contribution in [0.3, 0.4) is 0 Å². The van der Waals surface area contributed by atoms with Gasteiger partial charge in [0.05, 0.1) is 17.6 Å². The highest BCUT2D eigenvalue weighted by molar-refractivity contribution is 5.83. The summed E-state index contributed by atoms with van der Waals surface area (Å²) in [5.41, 5.74) is 9.94. The smallest absolute Gasteiger partial charge is 0.201 e. The maximum absolute atomic E-state index is 11.2. The van der Waals surface area contributed by atoms with Gasteiger partial charge in [0.15, 0.2) is 0 Å². The Labute approximate surface area is 94.1 Å². The van der Waals surface area contributed by atoms with Crippen LogP contribution < -0.4 is 5.73 Å². The molecule has 0 atom stereocenters. The highest BCUT2D eigenvalue weighted by Gasteiger charge is 2.10. The molecule has 0 amide bonds. The van der Waals surface area contributed by atoms with Gasteiger partial charge in [0.25, 0.3) is 0 Å². The number of rotatable bonds is 2. The van der Waals surface area contributed by atoms with Gasteiger partial charge in [0.2, 0.25) is 5.95 Å². The first-order valence-corrected chi connectivity index (χ1v) is 5.21. The summed E-state index contributed by atoms with van der Waals surface area (Å²) >= 11 is 0. The molecule has 2 aromatic rings. The number of imidazole rings is 1. The van der Waals surface area contributed by atoms with Crippen LogP contribution in [0.2, 0.25) is 0 Å². The minimum atomic E-state index is 0.0734. The number of fused-ring (bicyclic) bond motifs is 1. The SMILES string of the molecule is CC(=O)Cn1c(N)nc2cc(C)c(C)cc21. The van der Waals surface area contributed by atoms with Crippen molar-refractivity contribution in [3.63, 3.8) is 0 Å². The van der Waals surface area contributed by atoms with Crippen molar-refractivity contribution in [1.82, 2.24) is 9.55 Å². The predicted octanol–water partition coefficient (Wildman–Crippen LogP) is 1.82. The number of benzene rings is 1. The van der Waals surface area contributed by atoms with Gasteiger partial charge in [-0.15, -0.1) is 0 Å². The van der Waals surface area contributed by atoms with E-state index < -0.39 is 0 Å². The molecule has 0 aliphatic carbocycles. The van der Waals surface area contributed by atoms with Crippen LogP contribution >= 0.6 is 0 Å². The molecule has 0 aliphatic heterocycles. The molecule has 1 aromatic heterocycles. The van der Waals surface area contributed by atoms with E-state index in [9.17, 15) is 4.79 Å². The van der Waals surface area contributed by atoms with Crippen molar-refractivity contribution >= 4 is 22.8 Å². The van der Waals surface area contributed by atoms with E-state index in [1.807, 2.05) is 26.0 Å². The molecule has 0 saturated carbocycles. The minimum Gasteiger partial charge on any atom is -0.369 e. The Kier molecular flexibility index (Phi) is 2.42. The van der Waals surface area contributed by atoms with Crippen molar-refractivity contribution in [1.29, 1.82) is 0 Å². The average Bonchev–Trinajstić information content (AvgIpc) is 2.45. The Hall–Kier alpha value is -1.84. The first kappa shape index (κ1) is 10.7. The second-order valence-corrected chi connectivity index (χ2v) is 4.18. The lowest BCUT2D eigenvalue weighted by Crippen LogP contribution is -2.09. The third-order valence-electron chi connectivity index (χ3n) is 2.77. The molecule has 0 unspecified atom stereocenters. The molecule has 0 bridgehead atoms. The van der Waals surface area contributed by atoms with Gasteiger partial charge in [-0.2, -0.15) is 0 Å². The largest absolute Gasteiger partial charge is 0.369 e. The molecule has 0 aliphatic rings. The molecule has 0 spiro atoms. The Bertz CT molecular complexity index is 569. The number of Topliss-reactive ketones (excluding diaryl/α,β-unsaturated/α-hetero) is 1. The van der Waals surface area contributed by atoms with E-state index in [0.29, 0.717) is 5.95 Å². The molecular formula is C12H15N3O.